The molecule has 10 heteroatoms. The summed E-state index contributed by atoms with van der Waals surface area (Å²) < 4.78 is 6.51. The van der Waals surface area contributed by atoms with Crippen molar-refractivity contribution in [1.82, 2.24) is 4.57 Å². The molecule has 0 saturated heterocycles. The summed E-state index contributed by atoms with van der Waals surface area (Å²) in [4.78, 5) is 27.8. The lowest BCUT2D eigenvalue weighted by atomic mass is 10.0. The Labute approximate surface area is 175 Å². The molecule has 2 heterocycles. The van der Waals surface area contributed by atoms with Gasteiger partial charge in [-0.15, -0.1) is 11.3 Å². The van der Waals surface area contributed by atoms with Gasteiger partial charge in [-0.3, -0.25) is 4.57 Å². The van der Waals surface area contributed by atoms with E-state index in [1.807, 2.05) is 0 Å². The number of carboxylic acids is 2. The van der Waals surface area contributed by atoms with Crippen LogP contribution in [0.15, 0.2) is 23.2 Å². The summed E-state index contributed by atoms with van der Waals surface area (Å²) in [6, 6.07) is 3.93. The van der Waals surface area contributed by atoms with Crippen molar-refractivity contribution in [2.24, 2.45) is 10.9 Å². The Balaban J connectivity index is 2.17. The molecule has 0 unspecified atom stereocenters. The quantitative estimate of drug-likeness (QED) is 0.588. The minimum Gasteiger partial charge on any atom is -0.497 e. The number of aliphatic imine (C=N–C) groups is 1. The lowest BCUT2D eigenvalue weighted by Crippen LogP contribution is -2.23. The van der Waals surface area contributed by atoms with Gasteiger partial charge in [-0.2, -0.15) is 0 Å². The highest BCUT2D eigenvalue weighted by Gasteiger charge is 2.30. The van der Waals surface area contributed by atoms with Gasteiger partial charge in [-0.1, -0.05) is 13.8 Å². The third-order valence-electron chi connectivity index (χ3n) is 4.47. The van der Waals surface area contributed by atoms with E-state index >= 15 is 0 Å². The molecule has 0 saturated carbocycles. The zero-order chi connectivity index (χ0) is 21.5. The molecule has 1 aliphatic rings. The molecule has 1 aromatic heterocycles. The minimum absolute atomic E-state index is 0.178. The third kappa shape index (κ3) is 3.68. The zero-order valence-electron chi connectivity index (χ0n) is 15.7. The summed E-state index contributed by atoms with van der Waals surface area (Å²) in [7, 11) is 1.50. The summed E-state index contributed by atoms with van der Waals surface area (Å²) in [6.45, 7) is 3.43. The standard InChI is InChI=1S/C19H18N2O6S2/c1-8(2)15(18(25)26)21-16(22)13(29-19(21)28)7-11-10-5-4-9(27-3)6-12(10)20-14(11)17(23)24/h4-8,15,22H,1-3H3,(H,23,24)(H,25,26)/t15-/m0/s1. The number of methoxy groups -OCH3 is 1. The van der Waals surface area contributed by atoms with E-state index in [-0.39, 0.29) is 26.3 Å². The maximum absolute atomic E-state index is 11.7. The van der Waals surface area contributed by atoms with Crippen LogP contribution < -0.4 is 4.74 Å². The van der Waals surface area contributed by atoms with Gasteiger partial charge in [0.1, 0.15) is 11.8 Å². The molecule has 0 aliphatic carbocycles. The van der Waals surface area contributed by atoms with Gasteiger partial charge in [0.15, 0.2) is 9.67 Å². The average Bonchev–Trinajstić information content (AvgIpc) is 3.14. The molecule has 0 amide bonds. The first-order chi connectivity index (χ1) is 13.6. The van der Waals surface area contributed by atoms with E-state index in [1.54, 1.807) is 32.0 Å². The van der Waals surface area contributed by atoms with Crippen LogP contribution in [0.3, 0.4) is 0 Å². The number of carbonyl (C=O) groups is 2. The number of ether oxygens (including phenoxy) is 1. The summed E-state index contributed by atoms with van der Waals surface area (Å²) in [6.07, 6.45) is 1.47. The number of aromatic nitrogens is 1. The third-order valence-corrected chi connectivity index (χ3v) is 5.80. The number of hydrogen-bond donors (Lipinski definition) is 3. The summed E-state index contributed by atoms with van der Waals surface area (Å²) in [5, 5.41) is 29.8. The van der Waals surface area contributed by atoms with Gasteiger partial charge >= 0.3 is 11.9 Å². The van der Waals surface area contributed by atoms with Crippen LogP contribution in [0.2, 0.25) is 0 Å². The first-order valence-corrected chi connectivity index (χ1v) is 9.77. The maximum atomic E-state index is 11.7. The highest BCUT2D eigenvalue weighted by Crippen LogP contribution is 2.41. The summed E-state index contributed by atoms with van der Waals surface area (Å²) in [5.74, 6) is -2.45. The molecule has 0 fully saturated rings. The number of fused-ring (bicyclic) bond motifs is 1. The number of benzene rings is 1. The molecular weight excluding hydrogens is 416 g/mol. The highest BCUT2D eigenvalue weighted by atomic mass is 32.1. The molecule has 1 aliphatic heterocycles. The van der Waals surface area contributed by atoms with Crippen molar-refractivity contribution in [3.63, 3.8) is 0 Å². The number of hydrogen-bond acceptors (Lipinski definition) is 7. The van der Waals surface area contributed by atoms with Crippen LogP contribution >= 0.6 is 23.6 Å². The second-order valence-corrected chi connectivity index (χ2v) is 8.34. The molecule has 3 N–H and O–H groups in total. The van der Waals surface area contributed by atoms with Crippen LogP contribution in [-0.2, 0) is 9.59 Å². The van der Waals surface area contributed by atoms with Crippen LogP contribution in [0, 0.1) is 9.87 Å². The van der Waals surface area contributed by atoms with Crippen molar-refractivity contribution in [3.8, 4) is 11.6 Å². The number of carboxylic acid groups (broad SMARTS) is 2. The van der Waals surface area contributed by atoms with E-state index in [9.17, 15) is 24.9 Å². The Morgan fingerprint density at radius 3 is 2.55 bits per heavy atom. The Kier molecular flexibility index (Phi) is 5.58. The highest BCUT2D eigenvalue weighted by molar-refractivity contribution is 7.73. The fourth-order valence-electron chi connectivity index (χ4n) is 3.13. The average molecular weight is 434 g/mol. The molecule has 0 bridgehead atoms. The number of aliphatic carboxylic acids is 2. The van der Waals surface area contributed by atoms with Crippen molar-refractivity contribution in [1.29, 1.82) is 0 Å². The van der Waals surface area contributed by atoms with Gasteiger partial charge in [-0.25, -0.2) is 14.6 Å². The van der Waals surface area contributed by atoms with Gasteiger partial charge in [-0.05, 0) is 36.3 Å². The topological polar surface area (TPSA) is 121 Å². The fraction of sp³-hybridized carbons (Fsp3) is 0.263. The van der Waals surface area contributed by atoms with Gasteiger partial charge in [0.25, 0.3) is 0 Å². The van der Waals surface area contributed by atoms with Gasteiger partial charge < -0.3 is 20.1 Å². The monoisotopic (exact) mass is 434 g/mol. The Hall–Kier alpha value is -2.98. The molecule has 1 aromatic carbocycles. The smallest absolute Gasteiger partial charge is 0.355 e. The van der Waals surface area contributed by atoms with Crippen LogP contribution in [0.4, 0.5) is 5.69 Å². The number of nitrogens with zero attached hydrogens (tertiary/aromatic N) is 2. The lowest BCUT2D eigenvalue weighted by Gasteiger charge is -2.18. The fourth-order valence-corrected chi connectivity index (χ4v) is 4.46. The number of aromatic hydroxyl groups is 1. The Bertz CT molecular complexity index is 1130. The van der Waals surface area contributed by atoms with Gasteiger partial charge in [0.2, 0.25) is 5.88 Å². The van der Waals surface area contributed by atoms with E-state index in [1.165, 1.54) is 17.8 Å². The molecule has 0 radical (unpaired) electrons. The van der Waals surface area contributed by atoms with E-state index < -0.39 is 18.0 Å². The van der Waals surface area contributed by atoms with Crippen LogP contribution in [-0.4, -0.2) is 44.6 Å². The Morgan fingerprint density at radius 2 is 2.00 bits per heavy atom. The molecule has 0 spiro atoms. The zero-order valence-corrected chi connectivity index (χ0v) is 17.4. The number of rotatable bonds is 6. The van der Waals surface area contributed by atoms with Crippen molar-refractivity contribution in [3.05, 3.63) is 32.6 Å². The van der Waals surface area contributed by atoms with Crippen molar-refractivity contribution < 1.29 is 29.6 Å². The maximum Gasteiger partial charge on any atom is 0.355 e. The van der Waals surface area contributed by atoms with Crippen molar-refractivity contribution >= 4 is 58.5 Å². The first kappa shape index (κ1) is 20.7. The summed E-state index contributed by atoms with van der Waals surface area (Å²) >= 11 is 6.28. The number of thiazole rings is 1. The van der Waals surface area contributed by atoms with E-state index in [0.29, 0.717) is 22.6 Å². The van der Waals surface area contributed by atoms with Crippen molar-refractivity contribution in [2.45, 2.75) is 19.9 Å². The normalized spacial score (nSPS) is 15.3. The minimum atomic E-state index is -1.22. The lowest BCUT2D eigenvalue weighted by molar-refractivity contribution is -0.142. The predicted molar refractivity (Wildman–Crippen MR) is 112 cm³/mol. The SMILES string of the molecule is COc1ccc2c(c1)N=C(C(=O)O)C2=Cc1sc(=S)n([C@H](C(=O)O)C(C)C)c1O. The first-order valence-electron chi connectivity index (χ1n) is 8.55. The predicted octanol–water partition coefficient (Wildman–Crippen LogP) is 3.99. The molecule has 29 heavy (non-hydrogen) atoms. The second kappa shape index (κ2) is 7.80. The van der Waals surface area contributed by atoms with Crippen LogP contribution in [0.25, 0.3) is 11.6 Å². The Morgan fingerprint density at radius 1 is 1.31 bits per heavy atom. The molecule has 8 nitrogen and oxygen atoms in total. The molecule has 2 aromatic rings. The second-order valence-electron chi connectivity index (χ2n) is 6.66. The molecule has 3 rings (SSSR count). The van der Waals surface area contributed by atoms with Crippen LogP contribution in [0.1, 0.15) is 30.3 Å². The van der Waals surface area contributed by atoms with Crippen molar-refractivity contribution in [2.75, 3.05) is 7.11 Å². The summed E-state index contributed by atoms with van der Waals surface area (Å²) in [5.41, 5.74) is 1.11. The van der Waals surface area contributed by atoms with E-state index in [4.69, 9.17) is 17.0 Å². The molecule has 152 valence electrons. The van der Waals surface area contributed by atoms with E-state index in [0.717, 1.165) is 11.3 Å². The van der Waals surface area contributed by atoms with Gasteiger partial charge in [0, 0.05) is 17.2 Å². The molecule has 1 atom stereocenters. The molecular formula is C19H18N2O6S2. The van der Waals surface area contributed by atoms with Gasteiger partial charge in [0.05, 0.1) is 17.7 Å². The van der Waals surface area contributed by atoms with E-state index in [2.05, 4.69) is 4.99 Å². The van der Waals surface area contributed by atoms with Crippen LogP contribution in [0.5, 0.6) is 11.6 Å². The largest absolute Gasteiger partial charge is 0.497 e.